The van der Waals surface area contributed by atoms with E-state index >= 15 is 0 Å². The van der Waals surface area contributed by atoms with Crippen LogP contribution in [0.15, 0.2) is 24.3 Å². The van der Waals surface area contributed by atoms with Gasteiger partial charge in [0.15, 0.2) is 0 Å². The van der Waals surface area contributed by atoms with Gasteiger partial charge in [-0.3, -0.25) is 9.69 Å². The Balaban J connectivity index is 1.71. The summed E-state index contributed by atoms with van der Waals surface area (Å²) in [4.78, 5) is 13.1. The number of carbonyl (C=O) groups is 1. The summed E-state index contributed by atoms with van der Waals surface area (Å²) in [6, 6.07) is 7.06. The number of rotatable bonds is 5. The molecule has 19 heavy (non-hydrogen) atoms. The van der Waals surface area contributed by atoms with Crippen molar-refractivity contribution in [2.75, 3.05) is 39.5 Å². The quantitative estimate of drug-likeness (QED) is 0.593. The molecule has 0 bridgehead atoms. The fourth-order valence-corrected chi connectivity index (χ4v) is 1.89. The van der Waals surface area contributed by atoms with Gasteiger partial charge in [-0.1, -0.05) is 0 Å². The Labute approximate surface area is 113 Å². The van der Waals surface area contributed by atoms with Crippen molar-refractivity contribution in [3.8, 4) is 11.5 Å². The van der Waals surface area contributed by atoms with Crippen molar-refractivity contribution in [2.45, 2.75) is 6.92 Å². The number of esters is 1. The van der Waals surface area contributed by atoms with Crippen molar-refractivity contribution in [1.29, 1.82) is 0 Å². The van der Waals surface area contributed by atoms with Crippen molar-refractivity contribution in [2.24, 2.45) is 0 Å². The maximum absolute atomic E-state index is 10.8. The van der Waals surface area contributed by atoms with E-state index in [1.54, 1.807) is 24.3 Å². The molecule has 1 aliphatic rings. The second-order valence-electron chi connectivity index (χ2n) is 4.37. The zero-order valence-corrected chi connectivity index (χ0v) is 11.1. The molecule has 1 aromatic rings. The summed E-state index contributed by atoms with van der Waals surface area (Å²) in [6.07, 6.45) is 0. The molecule has 0 spiro atoms. The van der Waals surface area contributed by atoms with E-state index in [1.807, 2.05) is 0 Å². The molecule has 5 nitrogen and oxygen atoms in total. The largest absolute Gasteiger partial charge is 0.492 e. The summed E-state index contributed by atoms with van der Waals surface area (Å²) >= 11 is 0. The molecule has 0 saturated carbocycles. The van der Waals surface area contributed by atoms with Crippen LogP contribution in [0.5, 0.6) is 11.5 Å². The number of hydrogen-bond donors (Lipinski definition) is 0. The van der Waals surface area contributed by atoms with Crippen LogP contribution in [0.1, 0.15) is 6.92 Å². The van der Waals surface area contributed by atoms with E-state index < -0.39 is 0 Å². The molecule has 1 fully saturated rings. The van der Waals surface area contributed by atoms with Crippen LogP contribution >= 0.6 is 0 Å². The van der Waals surface area contributed by atoms with Gasteiger partial charge in [-0.05, 0) is 24.3 Å². The lowest BCUT2D eigenvalue weighted by Crippen LogP contribution is -2.38. The summed E-state index contributed by atoms with van der Waals surface area (Å²) in [5.74, 6) is 0.998. The van der Waals surface area contributed by atoms with Crippen molar-refractivity contribution < 1.29 is 19.0 Å². The van der Waals surface area contributed by atoms with Crippen LogP contribution in [-0.2, 0) is 9.53 Å². The summed E-state index contributed by atoms with van der Waals surface area (Å²) < 4.78 is 15.9. The minimum absolute atomic E-state index is 0.319. The zero-order valence-electron chi connectivity index (χ0n) is 11.1. The molecule has 0 radical (unpaired) electrons. The van der Waals surface area contributed by atoms with Crippen molar-refractivity contribution in [3.05, 3.63) is 24.3 Å². The fraction of sp³-hybridized carbons (Fsp3) is 0.500. The molecule has 1 saturated heterocycles. The molecular weight excluding hydrogens is 246 g/mol. The van der Waals surface area contributed by atoms with Gasteiger partial charge in [0, 0.05) is 26.6 Å². The van der Waals surface area contributed by atoms with Crippen LogP contribution in [0.4, 0.5) is 0 Å². The first kappa shape index (κ1) is 13.8. The van der Waals surface area contributed by atoms with E-state index in [0.717, 1.165) is 38.6 Å². The summed E-state index contributed by atoms with van der Waals surface area (Å²) in [7, 11) is 0. The Hall–Kier alpha value is -1.59. The molecule has 0 amide bonds. The molecule has 0 aliphatic carbocycles. The first-order chi connectivity index (χ1) is 9.24. The maximum atomic E-state index is 10.8. The highest BCUT2D eigenvalue weighted by molar-refractivity contribution is 5.69. The van der Waals surface area contributed by atoms with E-state index in [1.165, 1.54) is 6.92 Å². The number of morpholine rings is 1. The lowest BCUT2D eigenvalue weighted by molar-refractivity contribution is -0.131. The molecular formula is C14H19NO4. The third-order valence-corrected chi connectivity index (χ3v) is 2.87. The predicted octanol–water partition coefficient (Wildman–Crippen LogP) is 1.32. The van der Waals surface area contributed by atoms with Crippen LogP contribution in [0.2, 0.25) is 0 Å². The van der Waals surface area contributed by atoms with Crippen LogP contribution in [0, 0.1) is 0 Å². The Morgan fingerprint density at radius 1 is 1.21 bits per heavy atom. The third kappa shape index (κ3) is 4.89. The van der Waals surface area contributed by atoms with Gasteiger partial charge in [-0.25, -0.2) is 0 Å². The Kier molecular flexibility index (Phi) is 5.18. The van der Waals surface area contributed by atoms with Gasteiger partial charge in [0.1, 0.15) is 18.1 Å². The van der Waals surface area contributed by atoms with Crippen molar-refractivity contribution in [1.82, 2.24) is 4.90 Å². The number of nitrogens with zero attached hydrogens (tertiary/aromatic N) is 1. The van der Waals surface area contributed by atoms with Crippen molar-refractivity contribution >= 4 is 5.97 Å². The van der Waals surface area contributed by atoms with Gasteiger partial charge >= 0.3 is 5.97 Å². The van der Waals surface area contributed by atoms with Gasteiger partial charge in [0.25, 0.3) is 0 Å². The molecule has 5 heteroatoms. The molecule has 1 aliphatic heterocycles. The average molecular weight is 265 g/mol. The standard InChI is InChI=1S/C14H19NO4/c1-12(16)19-14-4-2-13(3-5-14)18-11-8-15-6-9-17-10-7-15/h2-5H,6-11H2,1H3. The van der Waals surface area contributed by atoms with Gasteiger partial charge in [-0.2, -0.15) is 0 Å². The Morgan fingerprint density at radius 2 is 1.84 bits per heavy atom. The first-order valence-electron chi connectivity index (χ1n) is 6.45. The minimum Gasteiger partial charge on any atom is -0.492 e. The van der Waals surface area contributed by atoms with Crippen molar-refractivity contribution in [3.63, 3.8) is 0 Å². The van der Waals surface area contributed by atoms with Crippen LogP contribution in [0.25, 0.3) is 0 Å². The van der Waals surface area contributed by atoms with Gasteiger partial charge in [-0.15, -0.1) is 0 Å². The molecule has 0 unspecified atom stereocenters. The minimum atomic E-state index is -0.319. The lowest BCUT2D eigenvalue weighted by atomic mass is 10.3. The maximum Gasteiger partial charge on any atom is 0.308 e. The van der Waals surface area contributed by atoms with Gasteiger partial charge in [0.2, 0.25) is 0 Å². The number of carbonyl (C=O) groups excluding carboxylic acids is 1. The monoisotopic (exact) mass is 265 g/mol. The molecule has 104 valence electrons. The van der Waals surface area contributed by atoms with E-state index in [0.29, 0.717) is 12.4 Å². The van der Waals surface area contributed by atoms with Crippen LogP contribution in [0.3, 0.4) is 0 Å². The number of hydrogen-bond acceptors (Lipinski definition) is 5. The second-order valence-corrected chi connectivity index (χ2v) is 4.37. The molecule has 1 heterocycles. The lowest BCUT2D eigenvalue weighted by Gasteiger charge is -2.26. The highest BCUT2D eigenvalue weighted by Gasteiger charge is 2.09. The highest BCUT2D eigenvalue weighted by Crippen LogP contribution is 2.17. The molecule has 0 N–H and O–H groups in total. The summed E-state index contributed by atoms with van der Waals surface area (Å²) in [5.41, 5.74) is 0. The van der Waals surface area contributed by atoms with E-state index in [4.69, 9.17) is 14.2 Å². The van der Waals surface area contributed by atoms with Crippen LogP contribution in [-0.4, -0.2) is 50.3 Å². The van der Waals surface area contributed by atoms with Crippen LogP contribution < -0.4 is 9.47 Å². The molecule has 2 rings (SSSR count). The first-order valence-corrected chi connectivity index (χ1v) is 6.45. The average Bonchev–Trinajstić information content (AvgIpc) is 2.41. The second kappa shape index (κ2) is 7.11. The normalized spacial score (nSPS) is 16.1. The summed E-state index contributed by atoms with van der Waals surface area (Å²) in [5, 5.41) is 0. The van der Waals surface area contributed by atoms with E-state index in [2.05, 4.69) is 4.90 Å². The summed E-state index contributed by atoms with van der Waals surface area (Å²) in [6.45, 7) is 6.46. The Bertz CT molecular complexity index is 398. The van der Waals surface area contributed by atoms with E-state index in [-0.39, 0.29) is 5.97 Å². The number of ether oxygens (including phenoxy) is 3. The van der Waals surface area contributed by atoms with Gasteiger partial charge < -0.3 is 14.2 Å². The fourth-order valence-electron chi connectivity index (χ4n) is 1.89. The zero-order chi connectivity index (χ0) is 13.5. The third-order valence-electron chi connectivity index (χ3n) is 2.87. The van der Waals surface area contributed by atoms with E-state index in [9.17, 15) is 4.79 Å². The Morgan fingerprint density at radius 3 is 2.47 bits per heavy atom. The molecule has 0 atom stereocenters. The van der Waals surface area contributed by atoms with Gasteiger partial charge in [0.05, 0.1) is 13.2 Å². The SMILES string of the molecule is CC(=O)Oc1ccc(OCCN2CCOCC2)cc1. The smallest absolute Gasteiger partial charge is 0.308 e. The molecule has 0 aromatic heterocycles. The topological polar surface area (TPSA) is 48.0 Å². The predicted molar refractivity (Wildman–Crippen MR) is 70.5 cm³/mol. The number of benzene rings is 1. The highest BCUT2D eigenvalue weighted by atomic mass is 16.5. The molecule has 1 aromatic carbocycles.